The minimum absolute atomic E-state index is 0.610. The van der Waals surface area contributed by atoms with Crippen molar-refractivity contribution < 1.29 is 0 Å². The van der Waals surface area contributed by atoms with Crippen molar-refractivity contribution in [1.82, 2.24) is 15.4 Å². The van der Waals surface area contributed by atoms with Gasteiger partial charge in [0.1, 0.15) is 0 Å². The average molecular weight is 292 g/mol. The van der Waals surface area contributed by atoms with Crippen molar-refractivity contribution in [3.8, 4) is 0 Å². The van der Waals surface area contributed by atoms with E-state index >= 15 is 0 Å². The van der Waals surface area contributed by atoms with Gasteiger partial charge in [0.2, 0.25) is 0 Å². The van der Waals surface area contributed by atoms with Crippen LogP contribution in [0.1, 0.15) is 38.7 Å². The first-order chi connectivity index (χ1) is 9.65. The Hall–Kier alpha value is -1.03. The molecule has 0 amide bonds. The van der Waals surface area contributed by atoms with Gasteiger partial charge in [-0.3, -0.25) is 5.43 Å². The maximum absolute atomic E-state index is 6.02. The van der Waals surface area contributed by atoms with E-state index in [0.29, 0.717) is 12.1 Å². The lowest BCUT2D eigenvalue weighted by Crippen LogP contribution is -2.51. The number of piperidine rings is 1. The van der Waals surface area contributed by atoms with Crippen LogP contribution >= 0.6 is 11.6 Å². The molecule has 1 aromatic carbocycles. The molecule has 1 aliphatic rings. The summed E-state index contributed by atoms with van der Waals surface area (Å²) in [6, 6.07) is 7.24. The van der Waals surface area contributed by atoms with Gasteiger partial charge in [0.25, 0.3) is 0 Å². The molecule has 1 saturated heterocycles. The molecule has 1 fully saturated rings. The van der Waals surface area contributed by atoms with Crippen LogP contribution in [0.25, 0.3) is 10.9 Å². The predicted octanol–water partition coefficient (Wildman–Crippen LogP) is 4.09. The number of hydrogen-bond donors (Lipinski definition) is 2. The van der Waals surface area contributed by atoms with E-state index in [2.05, 4.69) is 41.5 Å². The molecule has 2 heterocycles. The van der Waals surface area contributed by atoms with E-state index in [1.165, 1.54) is 30.2 Å². The van der Waals surface area contributed by atoms with Crippen LogP contribution in [0.5, 0.6) is 0 Å². The normalized spacial score (nSPS) is 24.4. The standard InChI is InChI=1S/C16H22ClN3/c1-11-4-3-5-12(2)20(11)19-10-13-9-18-16-8-14(17)6-7-15(13)16/h6-9,11-12,18-19H,3-5,10H2,1-2H3. The van der Waals surface area contributed by atoms with E-state index in [9.17, 15) is 0 Å². The number of H-pyrrole nitrogens is 1. The molecule has 0 saturated carbocycles. The van der Waals surface area contributed by atoms with Crippen molar-refractivity contribution in [2.75, 3.05) is 0 Å². The third-order valence-corrected chi connectivity index (χ3v) is 4.61. The minimum Gasteiger partial charge on any atom is -0.361 e. The van der Waals surface area contributed by atoms with Gasteiger partial charge in [0.05, 0.1) is 0 Å². The first-order valence-corrected chi connectivity index (χ1v) is 7.80. The molecule has 2 aromatic rings. The largest absolute Gasteiger partial charge is 0.361 e. The monoisotopic (exact) mass is 291 g/mol. The lowest BCUT2D eigenvalue weighted by molar-refractivity contribution is 0.0437. The molecule has 2 atom stereocenters. The summed E-state index contributed by atoms with van der Waals surface area (Å²) in [6.07, 6.45) is 5.97. The number of hydrogen-bond acceptors (Lipinski definition) is 2. The van der Waals surface area contributed by atoms with Crippen molar-refractivity contribution in [3.05, 3.63) is 35.0 Å². The maximum Gasteiger partial charge on any atom is 0.0472 e. The molecule has 3 nitrogen and oxygen atoms in total. The molecule has 2 unspecified atom stereocenters. The second kappa shape index (κ2) is 5.76. The van der Waals surface area contributed by atoms with Crippen molar-refractivity contribution in [2.24, 2.45) is 0 Å². The Morgan fingerprint density at radius 1 is 1.30 bits per heavy atom. The number of nitrogens with zero attached hydrogens (tertiary/aromatic N) is 1. The van der Waals surface area contributed by atoms with Crippen LogP contribution < -0.4 is 5.43 Å². The molecular formula is C16H22ClN3. The fourth-order valence-electron chi connectivity index (χ4n) is 3.21. The Balaban J connectivity index is 1.73. The Morgan fingerprint density at radius 2 is 2.05 bits per heavy atom. The van der Waals surface area contributed by atoms with E-state index in [4.69, 9.17) is 11.6 Å². The molecule has 0 bridgehead atoms. The number of hydrazine groups is 1. The van der Waals surface area contributed by atoms with E-state index in [1.807, 2.05) is 12.1 Å². The third-order valence-electron chi connectivity index (χ3n) is 4.38. The molecule has 108 valence electrons. The SMILES string of the molecule is CC1CCCC(C)N1NCc1c[nH]c2cc(Cl)ccc12. The summed E-state index contributed by atoms with van der Waals surface area (Å²) in [4.78, 5) is 3.30. The van der Waals surface area contributed by atoms with E-state index in [-0.39, 0.29) is 0 Å². The van der Waals surface area contributed by atoms with Crippen LogP contribution in [0.4, 0.5) is 0 Å². The lowest BCUT2D eigenvalue weighted by Gasteiger charge is -2.39. The zero-order valence-corrected chi connectivity index (χ0v) is 12.9. The van der Waals surface area contributed by atoms with Crippen LogP contribution in [0.2, 0.25) is 5.02 Å². The summed E-state index contributed by atoms with van der Waals surface area (Å²) in [5, 5.41) is 4.44. The van der Waals surface area contributed by atoms with Gasteiger partial charge in [-0.25, -0.2) is 5.01 Å². The van der Waals surface area contributed by atoms with Crippen LogP contribution in [0.3, 0.4) is 0 Å². The summed E-state index contributed by atoms with van der Waals surface area (Å²) >= 11 is 6.02. The van der Waals surface area contributed by atoms with Crippen LogP contribution in [0.15, 0.2) is 24.4 Å². The lowest BCUT2D eigenvalue weighted by atomic mass is 10.00. The first-order valence-electron chi connectivity index (χ1n) is 7.42. The summed E-state index contributed by atoms with van der Waals surface area (Å²) in [6.45, 7) is 5.46. The second-order valence-corrected chi connectivity index (χ2v) is 6.31. The van der Waals surface area contributed by atoms with E-state index in [1.54, 1.807) is 0 Å². The molecule has 0 aliphatic carbocycles. The molecule has 3 rings (SSSR count). The summed E-state index contributed by atoms with van der Waals surface area (Å²) in [7, 11) is 0. The van der Waals surface area contributed by atoms with Crippen LogP contribution in [-0.4, -0.2) is 22.1 Å². The van der Waals surface area contributed by atoms with Gasteiger partial charge in [-0.1, -0.05) is 24.1 Å². The highest BCUT2D eigenvalue weighted by molar-refractivity contribution is 6.31. The zero-order valence-electron chi connectivity index (χ0n) is 12.1. The topological polar surface area (TPSA) is 31.1 Å². The van der Waals surface area contributed by atoms with Gasteiger partial charge in [0.15, 0.2) is 0 Å². The van der Waals surface area contributed by atoms with E-state index in [0.717, 1.165) is 17.1 Å². The third kappa shape index (κ3) is 2.71. The molecule has 4 heteroatoms. The Kier molecular flexibility index (Phi) is 4.01. The maximum atomic E-state index is 6.02. The molecule has 2 N–H and O–H groups in total. The quantitative estimate of drug-likeness (QED) is 0.892. The zero-order chi connectivity index (χ0) is 14.1. The Labute approximate surface area is 125 Å². The number of fused-ring (bicyclic) bond motifs is 1. The summed E-state index contributed by atoms with van der Waals surface area (Å²) < 4.78 is 0. The second-order valence-electron chi connectivity index (χ2n) is 5.87. The number of benzene rings is 1. The fourth-order valence-corrected chi connectivity index (χ4v) is 3.39. The number of aromatic amines is 1. The highest BCUT2D eigenvalue weighted by Crippen LogP contribution is 2.24. The Morgan fingerprint density at radius 3 is 2.80 bits per heavy atom. The van der Waals surface area contributed by atoms with E-state index < -0.39 is 0 Å². The van der Waals surface area contributed by atoms with Crippen molar-refractivity contribution in [1.29, 1.82) is 0 Å². The number of halogens is 1. The van der Waals surface area contributed by atoms with Gasteiger partial charge in [0, 0.05) is 40.8 Å². The van der Waals surface area contributed by atoms with Gasteiger partial charge in [-0.15, -0.1) is 0 Å². The van der Waals surface area contributed by atoms with Gasteiger partial charge < -0.3 is 4.98 Å². The van der Waals surface area contributed by atoms with Crippen molar-refractivity contribution in [3.63, 3.8) is 0 Å². The predicted molar refractivity (Wildman–Crippen MR) is 84.8 cm³/mol. The highest BCUT2D eigenvalue weighted by Gasteiger charge is 2.24. The summed E-state index contributed by atoms with van der Waals surface area (Å²) in [5.74, 6) is 0. The molecule has 0 spiro atoms. The van der Waals surface area contributed by atoms with Gasteiger partial charge in [-0.2, -0.15) is 0 Å². The van der Waals surface area contributed by atoms with Crippen molar-refractivity contribution in [2.45, 2.75) is 51.7 Å². The molecular weight excluding hydrogens is 270 g/mol. The number of nitrogens with one attached hydrogen (secondary N) is 2. The van der Waals surface area contributed by atoms with Crippen molar-refractivity contribution >= 4 is 22.5 Å². The number of rotatable bonds is 3. The first kappa shape index (κ1) is 13.9. The highest BCUT2D eigenvalue weighted by atomic mass is 35.5. The summed E-state index contributed by atoms with van der Waals surface area (Å²) in [5.41, 5.74) is 6.01. The van der Waals surface area contributed by atoms with Gasteiger partial charge >= 0.3 is 0 Å². The molecule has 1 aromatic heterocycles. The number of aromatic nitrogens is 1. The van der Waals surface area contributed by atoms with Gasteiger partial charge in [-0.05, 0) is 44.4 Å². The molecule has 0 radical (unpaired) electrons. The fraction of sp³-hybridized carbons (Fsp3) is 0.500. The van der Waals surface area contributed by atoms with Crippen LogP contribution in [0, 0.1) is 0 Å². The molecule has 1 aliphatic heterocycles. The Bertz CT molecular complexity index is 582. The smallest absolute Gasteiger partial charge is 0.0472 e. The average Bonchev–Trinajstić information content (AvgIpc) is 2.80. The minimum atomic E-state index is 0.610. The molecule has 20 heavy (non-hydrogen) atoms. The van der Waals surface area contributed by atoms with Crippen LogP contribution in [-0.2, 0) is 6.54 Å².